The molecular weight excluding hydrogens is 216 g/mol. The topological polar surface area (TPSA) is 45.6 Å². The molecule has 1 saturated heterocycles. The highest BCUT2D eigenvalue weighted by molar-refractivity contribution is 5.47. The molecule has 0 aliphatic carbocycles. The molecule has 0 radical (unpaired) electrons. The van der Waals surface area contributed by atoms with E-state index in [1.807, 2.05) is 13.0 Å². The Morgan fingerprint density at radius 3 is 3.06 bits per heavy atom. The molecule has 1 aliphatic rings. The summed E-state index contributed by atoms with van der Waals surface area (Å²) >= 11 is 0. The Kier molecular flexibility index (Phi) is 3.97. The first-order valence-corrected chi connectivity index (χ1v) is 6.08. The largest absolute Gasteiger partial charge is 0.392 e. The van der Waals surface area contributed by atoms with Crippen molar-refractivity contribution in [2.24, 2.45) is 0 Å². The Hall–Kier alpha value is -1.13. The van der Waals surface area contributed by atoms with Gasteiger partial charge in [-0.05, 0) is 37.0 Å². The number of piperidine rings is 1. The van der Waals surface area contributed by atoms with Crippen LogP contribution in [0.15, 0.2) is 12.3 Å². The molecule has 0 bridgehead atoms. The predicted molar refractivity (Wildman–Crippen MR) is 67.1 cm³/mol. The second kappa shape index (κ2) is 5.47. The van der Waals surface area contributed by atoms with Gasteiger partial charge in [0, 0.05) is 26.4 Å². The predicted octanol–water partition coefficient (Wildman–Crippen LogP) is 1.50. The van der Waals surface area contributed by atoms with Crippen molar-refractivity contribution in [1.29, 1.82) is 0 Å². The van der Waals surface area contributed by atoms with Gasteiger partial charge in [-0.2, -0.15) is 0 Å². The third kappa shape index (κ3) is 2.76. The molecule has 0 aromatic carbocycles. The molecule has 1 aliphatic heterocycles. The fourth-order valence-electron chi connectivity index (χ4n) is 2.37. The van der Waals surface area contributed by atoms with Gasteiger partial charge in [-0.1, -0.05) is 0 Å². The molecule has 1 aromatic rings. The van der Waals surface area contributed by atoms with Crippen LogP contribution in [0.4, 0.5) is 5.82 Å². The maximum atomic E-state index is 9.07. The van der Waals surface area contributed by atoms with Crippen LogP contribution in [0.25, 0.3) is 0 Å². The molecular formula is C13H20N2O2. The highest BCUT2D eigenvalue weighted by atomic mass is 16.5. The summed E-state index contributed by atoms with van der Waals surface area (Å²) in [4.78, 5) is 6.72. The number of hydrogen-bond donors (Lipinski definition) is 1. The number of ether oxygens (including phenoxy) is 1. The molecule has 1 atom stereocenters. The number of aliphatic hydroxyl groups excluding tert-OH is 1. The van der Waals surface area contributed by atoms with Crippen molar-refractivity contribution in [2.45, 2.75) is 32.5 Å². The van der Waals surface area contributed by atoms with Crippen LogP contribution in [0.2, 0.25) is 0 Å². The first kappa shape index (κ1) is 12.3. The summed E-state index contributed by atoms with van der Waals surface area (Å²) in [6, 6.07) is 2.00. The lowest BCUT2D eigenvalue weighted by Gasteiger charge is -2.33. The monoisotopic (exact) mass is 236 g/mol. The summed E-state index contributed by atoms with van der Waals surface area (Å²) in [5.74, 6) is 1.02. The van der Waals surface area contributed by atoms with E-state index in [-0.39, 0.29) is 6.61 Å². The van der Waals surface area contributed by atoms with Gasteiger partial charge in [-0.15, -0.1) is 0 Å². The highest BCUT2D eigenvalue weighted by Gasteiger charge is 2.21. The van der Waals surface area contributed by atoms with Gasteiger partial charge < -0.3 is 14.7 Å². The van der Waals surface area contributed by atoms with Crippen LogP contribution in [-0.2, 0) is 11.3 Å². The lowest BCUT2D eigenvalue weighted by molar-refractivity contribution is 0.0891. The van der Waals surface area contributed by atoms with E-state index in [0.29, 0.717) is 6.10 Å². The fraction of sp³-hybridized carbons (Fsp3) is 0.615. The molecule has 1 N–H and O–H groups in total. The lowest BCUT2D eigenvalue weighted by atomic mass is 10.1. The van der Waals surface area contributed by atoms with Gasteiger partial charge in [-0.3, -0.25) is 0 Å². The molecule has 1 unspecified atom stereocenters. The van der Waals surface area contributed by atoms with Gasteiger partial charge in [-0.25, -0.2) is 4.98 Å². The summed E-state index contributed by atoms with van der Waals surface area (Å²) in [5, 5.41) is 9.07. The SMILES string of the molecule is COC1CCCN(c2ncc(CO)cc2C)C1. The number of methoxy groups -OCH3 is 1. The maximum Gasteiger partial charge on any atom is 0.131 e. The minimum Gasteiger partial charge on any atom is -0.392 e. The standard InChI is InChI=1S/C13H20N2O2/c1-10-6-11(9-16)7-14-13(10)15-5-3-4-12(8-15)17-2/h6-7,12,16H,3-5,8-9H2,1-2H3. The molecule has 2 rings (SSSR count). The van der Waals surface area contributed by atoms with Crippen LogP contribution in [0.3, 0.4) is 0 Å². The Balaban J connectivity index is 2.16. The summed E-state index contributed by atoms with van der Waals surface area (Å²) in [7, 11) is 1.77. The van der Waals surface area contributed by atoms with Gasteiger partial charge in [0.1, 0.15) is 5.82 Å². The van der Waals surface area contributed by atoms with E-state index in [1.54, 1.807) is 13.3 Å². The van der Waals surface area contributed by atoms with Gasteiger partial charge in [0.2, 0.25) is 0 Å². The zero-order valence-electron chi connectivity index (χ0n) is 10.5. The third-order valence-corrected chi connectivity index (χ3v) is 3.30. The first-order valence-electron chi connectivity index (χ1n) is 6.08. The van der Waals surface area contributed by atoms with Crippen molar-refractivity contribution < 1.29 is 9.84 Å². The minimum absolute atomic E-state index is 0.0504. The van der Waals surface area contributed by atoms with Crippen molar-refractivity contribution in [1.82, 2.24) is 4.98 Å². The van der Waals surface area contributed by atoms with Crippen LogP contribution >= 0.6 is 0 Å². The number of aryl methyl sites for hydroxylation is 1. The molecule has 2 heterocycles. The van der Waals surface area contributed by atoms with E-state index >= 15 is 0 Å². The number of hydrogen-bond acceptors (Lipinski definition) is 4. The Labute approximate surface area is 102 Å². The first-order chi connectivity index (χ1) is 8.24. The summed E-state index contributed by atoms with van der Waals surface area (Å²) in [5.41, 5.74) is 1.99. The van der Waals surface area contributed by atoms with E-state index < -0.39 is 0 Å². The van der Waals surface area contributed by atoms with E-state index in [0.717, 1.165) is 42.9 Å². The quantitative estimate of drug-likeness (QED) is 0.864. The molecule has 0 amide bonds. The molecule has 4 heteroatoms. The number of pyridine rings is 1. The van der Waals surface area contributed by atoms with E-state index in [2.05, 4.69) is 9.88 Å². The zero-order valence-corrected chi connectivity index (χ0v) is 10.5. The molecule has 0 saturated carbocycles. The van der Waals surface area contributed by atoms with Gasteiger partial charge >= 0.3 is 0 Å². The van der Waals surface area contributed by atoms with Crippen molar-refractivity contribution in [3.63, 3.8) is 0 Å². The number of rotatable bonds is 3. The minimum atomic E-state index is 0.0504. The normalized spacial score (nSPS) is 20.6. The van der Waals surface area contributed by atoms with Crippen molar-refractivity contribution in [3.05, 3.63) is 23.4 Å². The molecule has 4 nitrogen and oxygen atoms in total. The molecule has 1 fully saturated rings. The number of aromatic nitrogens is 1. The summed E-state index contributed by atoms with van der Waals surface area (Å²) < 4.78 is 5.42. The van der Waals surface area contributed by atoms with Crippen molar-refractivity contribution >= 4 is 5.82 Å². The summed E-state index contributed by atoms with van der Waals surface area (Å²) in [6.45, 7) is 4.03. The van der Waals surface area contributed by atoms with Gasteiger partial charge in [0.05, 0.1) is 12.7 Å². The fourth-order valence-corrected chi connectivity index (χ4v) is 2.37. The summed E-state index contributed by atoms with van der Waals surface area (Å²) in [6.07, 6.45) is 4.32. The Morgan fingerprint density at radius 1 is 1.59 bits per heavy atom. The zero-order chi connectivity index (χ0) is 12.3. The van der Waals surface area contributed by atoms with Gasteiger partial charge in [0.15, 0.2) is 0 Å². The second-order valence-corrected chi connectivity index (χ2v) is 4.59. The maximum absolute atomic E-state index is 9.07. The van der Waals surface area contributed by atoms with E-state index in [4.69, 9.17) is 9.84 Å². The Morgan fingerprint density at radius 2 is 2.41 bits per heavy atom. The van der Waals surface area contributed by atoms with Crippen LogP contribution in [0.1, 0.15) is 24.0 Å². The molecule has 0 spiro atoms. The van der Waals surface area contributed by atoms with Crippen molar-refractivity contribution in [3.8, 4) is 0 Å². The highest BCUT2D eigenvalue weighted by Crippen LogP contribution is 2.23. The van der Waals surface area contributed by atoms with Crippen LogP contribution in [0, 0.1) is 6.92 Å². The second-order valence-electron chi connectivity index (χ2n) is 4.59. The molecule has 94 valence electrons. The van der Waals surface area contributed by atoms with Crippen LogP contribution in [0.5, 0.6) is 0 Å². The Bertz CT molecular complexity index is 382. The van der Waals surface area contributed by atoms with Crippen LogP contribution < -0.4 is 4.90 Å². The average Bonchev–Trinajstić information content (AvgIpc) is 2.38. The van der Waals surface area contributed by atoms with Crippen LogP contribution in [-0.4, -0.2) is 36.4 Å². The molecule has 17 heavy (non-hydrogen) atoms. The van der Waals surface area contributed by atoms with Crippen molar-refractivity contribution in [2.75, 3.05) is 25.1 Å². The van der Waals surface area contributed by atoms with E-state index in [9.17, 15) is 0 Å². The number of anilines is 1. The van der Waals surface area contributed by atoms with Gasteiger partial charge in [0.25, 0.3) is 0 Å². The number of aliphatic hydroxyl groups is 1. The average molecular weight is 236 g/mol. The smallest absolute Gasteiger partial charge is 0.131 e. The third-order valence-electron chi connectivity index (χ3n) is 3.30. The lowest BCUT2D eigenvalue weighted by Crippen LogP contribution is -2.40. The molecule has 1 aromatic heterocycles. The van der Waals surface area contributed by atoms with E-state index in [1.165, 1.54) is 0 Å². The number of nitrogens with zero attached hydrogens (tertiary/aromatic N) is 2.